The molecule has 3 aromatic rings. The molecule has 1 aliphatic rings. The van der Waals surface area contributed by atoms with Crippen LogP contribution in [0.25, 0.3) is 0 Å². The SMILES string of the molecule is O=C(Nc1ccc(NCc2ccc3c(c2)OCO3)nc1)c1ccccc1. The van der Waals surface area contributed by atoms with Gasteiger partial charge in [0.15, 0.2) is 11.5 Å². The average Bonchev–Trinajstić information content (AvgIpc) is 3.16. The molecule has 0 aliphatic carbocycles. The highest BCUT2D eigenvalue weighted by molar-refractivity contribution is 6.04. The van der Waals surface area contributed by atoms with E-state index in [4.69, 9.17) is 9.47 Å². The van der Waals surface area contributed by atoms with Crippen molar-refractivity contribution in [2.24, 2.45) is 0 Å². The van der Waals surface area contributed by atoms with Crippen LogP contribution in [0.5, 0.6) is 11.5 Å². The fourth-order valence-corrected chi connectivity index (χ4v) is 2.61. The number of hydrogen-bond acceptors (Lipinski definition) is 5. The van der Waals surface area contributed by atoms with Gasteiger partial charge in [-0.05, 0) is 42.0 Å². The minimum atomic E-state index is -0.159. The number of nitrogens with one attached hydrogen (secondary N) is 2. The number of pyridine rings is 1. The standard InChI is InChI=1S/C20H17N3O3/c24-20(15-4-2-1-3-5-15)23-16-7-9-19(22-12-16)21-11-14-6-8-17-18(10-14)26-13-25-17/h1-10,12H,11,13H2,(H,21,22)(H,23,24). The van der Waals surface area contributed by atoms with Crippen molar-refractivity contribution in [1.82, 2.24) is 4.98 Å². The van der Waals surface area contributed by atoms with Crippen molar-refractivity contribution < 1.29 is 14.3 Å². The molecule has 4 rings (SSSR count). The van der Waals surface area contributed by atoms with Gasteiger partial charge in [0.2, 0.25) is 6.79 Å². The quantitative estimate of drug-likeness (QED) is 0.737. The van der Waals surface area contributed by atoms with Crippen molar-refractivity contribution in [3.63, 3.8) is 0 Å². The van der Waals surface area contributed by atoms with Crippen LogP contribution >= 0.6 is 0 Å². The van der Waals surface area contributed by atoms with Gasteiger partial charge < -0.3 is 20.1 Å². The molecule has 0 saturated heterocycles. The first-order valence-electron chi connectivity index (χ1n) is 8.23. The van der Waals surface area contributed by atoms with E-state index in [1.54, 1.807) is 18.3 Å². The Morgan fingerprint density at radius 2 is 1.85 bits per heavy atom. The lowest BCUT2D eigenvalue weighted by molar-refractivity contribution is 0.102. The van der Waals surface area contributed by atoms with E-state index in [1.807, 2.05) is 48.5 Å². The van der Waals surface area contributed by atoms with Gasteiger partial charge in [-0.15, -0.1) is 0 Å². The Kier molecular flexibility index (Phi) is 4.38. The van der Waals surface area contributed by atoms with Crippen molar-refractivity contribution >= 4 is 17.4 Å². The molecule has 0 saturated carbocycles. The summed E-state index contributed by atoms with van der Waals surface area (Å²) in [6.45, 7) is 0.878. The van der Waals surface area contributed by atoms with Crippen molar-refractivity contribution in [3.05, 3.63) is 78.0 Å². The van der Waals surface area contributed by atoms with Gasteiger partial charge in [-0.1, -0.05) is 24.3 Å². The van der Waals surface area contributed by atoms with Gasteiger partial charge in [-0.25, -0.2) is 4.98 Å². The van der Waals surface area contributed by atoms with Gasteiger partial charge >= 0.3 is 0 Å². The summed E-state index contributed by atoms with van der Waals surface area (Å²) < 4.78 is 10.7. The maximum absolute atomic E-state index is 12.1. The third-order valence-corrected chi connectivity index (χ3v) is 3.97. The lowest BCUT2D eigenvalue weighted by Crippen LogP contribution is -2.12. The van der Waals surface area contributed by atoms with Crippen molar-refractivity contribution in [2.75, 3.05) is 17.4 Å². The van der Waals surface area contributed by atoms with Gasteiger partial charge in [0.05, 0.1) is 11.9 Å². The molecule has 1 aliphatic heterocycles. The Bertz CT molecular complexity index is 911. The Balaban J connectivity index is 1.35. The first-order valence-corrected chi connectivity index (χ1v) is 8.23. The minimum Gasteiger partial charge on any atom is -0.454 e. The summed E-state index contributed by atoms with van der Waals surface area (Å²) in [5.41, 5.74) is 2.32. The number of hydrogen-bond donors (Lipinski definition) is 2. The van der Waals surface area contributed by atoms with Crippen LogP contribution in [-0.2, 0) is 6.54 Å². The molecule has 6 heteroatoms. The van der Waals surface area contributed by atoms with Crippen LogP contribution in [-0.4, -0.2) is 17.7 Å². The number of benzene rings is 2. The normalized spacial score (nSPS) is 11.8. The zero-order valence-electron chi connectivity index (χ0n) is 13.9. The molecule has 1 amide bonds. The summed E-state index contributed by atoms with van der Waals surface area (Å²) in [6, 6.07) is 18.5. The average molecular weight is 347 g/mol. The third kappa shape index (κ3) is 3.59. The van der Waals surface area contributed by atoms with E-state index in [9.17, 15) is 4.79 Å². The van der Waals surface area contributed by atoms with Crippen molar-refractivity contribution in [1.29, 1.82) is 0 Å². The number of aromatic nitrogens is 1. The molecule has 2 heterocycles. The van der Waals surface area contributed by atoms with E-state index in [-0.39, 0.29) is 12.7 Å². The zero-order chi connectivity index (χ0) is 17.8. The number of carbonyl (C=O) groups is 1. The van der Waals surface area contributed by atoms with Gasteiger partial charge in [0, 0.05) is 12.1 Å². The van der Waals surface area contributed by atoms with Crippen LogP contribution in [0.3, 0.4) is 0 Å². The Morgan fingerprint density at radius 3 is 2.65 bits per heavy atom. The number of anilines is 2. The third-order valence-electron chi connectivity index (χ3n) is 3.97. The molecule has 2 N–H and O–H groups in total. The molecule has 0 fully saturated rings. The molecule has 6 nitrogen and oxygen atoms in total. The molecule has 1 aromatic heterocycles. The largest absolute Gasteiger partial charge is 0.454 e. The highest BCUT2D eigenvalue weighted by atomic mass is 16.7. The minimum absolute atomic E-state index is 0.159. The summed E-state index contributed by atoms with van der Waals surface area (Å²) in [7, 11) is 0. The lowest BCUT2D eigenvalue weighted by Gasteiger charge is -2.08. The number of ether oxygens (including phenoxy) is 2. The second-order valence-corrected chi connectivity index (χ2v) is 5.79. The monoisotopic (exact) mass is 347 g/mol. The molecule has 2 aromatic carbocycles. The maximum atomic E-state index is 12.1. The first kappa shape index (κ1) is 16.0. The van der Waals surface area contributed by atoms with E-state index in [0.29, 0.717) is 17.8 Å². The van der Waals surface area contributed by atoms with Crippen LogP contribution in [0.15, 0.2) is 66.9 Å². The van der Waals surface area contributed by atoms with E-state index in [0.717, 1.165) is 22.9 Å². The first-order chi connectivity index (χ1) is 12.8. The number of rotatable bonds is 5. The Labute approximate surface area is 150 Å². The highest BCUT2D eigenvalue weighted by Crippen LogP contribution is 2.32. The predicted octanol–water partition coefficient (Wildman–Crippen LogP) is 3.67. The fourth-order valence-electron chi connectivity index (χ4n) is 2.61. The molecular weight excluding hydrogens is 330 g/mol. The molecule has 0 bridgehead atoms. The van der Waals surface area contributed by atoms with E-state index in [1.165, 1.54) is 0 Å². The smallest absolute Gasteiger partial charge is 0.255 e. The molecular formula is C20H17N3O3. The predicted molar refractivity (Wildman–Crippen MR) is 98.5 cm³/mol. The summed E-state index contributed by atoms with van der Waals surface area (Å²) in [4.78, 5) is 16.5. The summed E-state index contributed by atoms with van der Waals surface area (Å²) in [6.07, 6.45) is 1.63. The maximum Gasteiger partial charge on any atom is 0.255 e. The highest BCUT2D eigenvalue weighted by Gasteiger charge is 2.13. The van der Waals surface area contributed by atoms with Crippen LogP contribution in [0.4, 0.5) is 11.5 Å². The molecule has 0 atom stereocenters. The zero-order valence-corrected chi connectivity index (χ0v) is 13.9. The van der Waals surface area contributed by atoms with Gasteiger partial charge in [-0.3, -0.25) is 4.79 Å². The Morgan fingerprint density at radius 1 is 1.00 bits per heavy atom. The number of carbonyl (C=O) groups excluding carboxylic acids is 1. The number of amides is 1. The fraction of sp³-hybridized carbons (Fsp3) is 0.100. The molecule has 0 spiro atoms. The van der Waals surface area contributed by atoms with E-state index >= 15 is 0 Å². The van der Waals surface area contributed by atoms with Crippen molar-refractivity contribution in [2.45, 2.75) is 6.54 Å². The van der Waals surface area contributed by atoms with Crippen molar-refractivity contribution in [3.8, 4) is 11.5 Å². The molecule has 0 radical (unpaired) electrons. The number of nitrogens with zero attached hydrogens (tertiary/aromatic N) is 1. The lowest BCUT2D eigenvalue weighted by atomic mass is 10.2. The summed E-state index contributed by atoms with van der Waals surface area (Å²) >= 11 is 0. The Hall–Kier alpha value is -3.54. The summed E-state index contributed by atoms with van der Waals surface area (Å²) in [5.74, 6) is 2.09. The van der Waals surface area contributed by atoms with Crippen LogP contribution in [0, 0.1) is 0 Å². The molecule has 26 heavy (non-hydrogen) atoms. The topological polar surface area (TPSA) is 72.5 Å². The van der Waals surface area contributed by atoms with Crippen LogP contribution in [0.2, 0.25) is 0 Å². The van der Waals surface area contributed by atoms with Crippen LogP contribution < -0.4 is 20.1 Å². The van der Waals surface area contributed by atoms with Gasteiger partial charge in [0.1, 0.15) is 5.82 Å². The van der Waals surface area contributed by atoms with Crippen LogP contribution in [0.1, 0.15) is 15.9 Å². The van der Waals surface area contributed by atoms with E-state index < -0.39 is 0 Å². The second-order valence-electron chi connectivity index (χ2n) is 5.79. The molecule has 0 unspecified atom stereocenters. The van der Waals surface area contributed by atoms with Gasteiger partial charge in [-0.2, -0.15) is 0 Å². The number of fused-ring (bicyclic) bond motifs is 1. The van der Waals surface area contributed by atoms with E-state index in [2.05, 4.69) is 15.6 Å². The molecule has 130 valence electrons. The second kappa shape index (κ2) is 7.14. The van der Waals surface area contributed by atoms with Gasteiger partial charge in [0.25, 0.3) is 5.91 Å². The summed E-state index contributed by atoms with van der Waals surface area (Å²) in [5, 5.41) is 6.07.